The van der Waals surface area contributed by atoms with Crippen molar-refractivity contribution in [2.24, 2.45) is 0 Å². The Bertz CT molecular complexity index is 749. The molecular weight excluding hydrogens is 320 g/mol. The number of pyridine rings is 1. The van der Waals surface area contributed by atoms with Gasteiger partial charge in [0.25, 0.3) is 0 Å². The number of hydrogen-bond acceptors (Lipinski definition) is 5. The van der Waals surface area contributed by atoms with E-state index in [1.54, 1.807) is 11.3 Å². The highest BCUT2D eigenvalue weighted by Gasteiger charge is 2.12. The van der Waals surface area contributed by atoms with E-state index in [0.717, 1.165) is 40.2 Å². The summed E-state index contributed by atoms with van der Waals surface area (Å²) in [7, 11) is -0.991. The summed E-state index contributed by atoms with van der Waals surface area (Å²) in [4.78, 5) is 11.1. The first-order valence-electron chi connectivity index (χ1n) is 6.98. The standard InChI is InChI=1S/C15H16N2OS3/c1-2-3-4-10-21(18)15-17-12-8-7-11(16-14(12)20-15)13-6-5-9-19-13/h5-9H,2-4,10H2,1H3. The highest BCUT2D eigenvalue weighted by Crippen LogP contribution is 2.28. The lowest BCUT2D eigenvalue weighted by Gasteiger charge is -1.96. The third-order valence-corrected chi connectivity index (χ3v) is 6.74. The zero-order valence-electron chi connectivity index (χ0n) is 11.7. The number of aromatic nitrogens is 2. The Morgan fingerprint density at radius 3 is 2.86 bits per heavy atom. The van der Waals surface area contributed by atoms with Crippen molar-refractivity contribution in [2.45, 2.75) is 30.5 Å². The molecule has 0 bridgehead atoms. The lowest BCUT2D eigenvalue weighted by atomic mass is 10.3. The summed E-state index contributed by atoms with van der Waals surface area (Å²) >= 11 is 3.13. The summed E-state index contributed by atoms with van der Waals surface area (Å²) in [6.45, 7) is 2.15. The zero-order chi connectivity index (χ0) is 14.7. The largest absolute Gasteiger partial charge is 0.252 e. The van der Waals surface area contributed by atoms with Gasteiger partial charge >= 0.3 is 0 Å². The Labute approximate surface area is 134 Å². The number of thiazole rings is 1. The van der Waals surface area contributed by atoms with Gasteiger partial charge in [0, 0.05) is 5.75 Å². The van der Waals surface area contributed by atoms with Gasteiger partial charge in [0.15, 0.2) is 4.34 Å². The molecule has 3 aromatic heterocycles. The molecule has 0 aliphatic heterocycles. The van der Waals surface area contributed by atoms with Crippen molar-refractivity contribution in [2.75, 3.05) is 5.75 Å². The highest BCUT2D eigenvalue weighted by atomic mass is 32.2. The molecule has 0 aromatic carbocycles. The molecule has 0 aliphatic rings. The van der Waals surface area contributed by atoms with Gasteiger partial charge in [0.05, 0.1) is 21.4 Å². The number of rotatable bonds is 6. The zero-order valence-corrected chi connectivity index (χ0v) is 14.2. The van der Waals surface area contributed by atoms with Gasteiger partial charge in [-0.25, -0.2) is 9.97 Å². The molecule has 0 saturated carbocycles. The summed E-state index contributed by atoms with van der Waals surface area (Å²) < 4.78 is 12.9. The van der Waals surface area contributed by atoms with Crippen LogP contribution in [0.1, 0.15) is 26.2 Å². The lowest BCUT2D eigenvalue weighted by Crippen LogP contribution is -1.97. The van der Waals surface area contributed by atoms with Crippen molar-refractivity contribution >= 4 is 43.8 Å². The van der Waals surface area contributed by atoms with E-state index < -0.39 is 10.8 Å². The molecule has 21 heavy (non-hydrogen) atoms. The second kappa shape index (κ2) is 6.77. The minimum absolute atomic E-state index is 0.700. The Morgan fingerprint density at radius 1 is 1.19 bits per heavy atom. The van der Waals surface area contributed by atoms with E-state index in [1.165, 1.54) is 11.3 Å². The first-order valence-corrected chi connectivity index (χ1v) is 9.99. The molecule has 0 amide bonds. The van der Waals surface area contributed by atoms with E-state index in [9.17, 15) is 4.21 Å². The molecule has 0 N–H and O–H groups in total. The Kier molecular flexibility index (Phi) is 4.77. The molecule has 3 aromatic rings. The van der Waals surface area contributed by atoms with Gasteiger partial charge < -0.3 is 0 Å². The molecule has 0 spiro atoms. The van der Waals surface area contributed by atoms with Crippen LogP contribution in [0, 0.1) is 0 Å². The van der Waals surface area contributed by atoms with Crippen LogP contribution >= 0.6 is 22.7 Å². The van der Waals surface area contributed by atoms with Crippen LogP contribution in [0.4, 0.5) is 0 Å². The van der Waals surface area contributed by atoms with E-state index in [-0.39, 0.29) is 0 Å². The van der Waals surface area contributed by atoms with Crippen LogP contribution in [0.15, 0.2) is 34.0 Å². The van der Waals surface area contributed by atoms with Crippen LogP contribution in [0.3, 0.4) is 0 Å². The van der Waals surface area contributed by atoms with Crippen LogP contribution in [-0.4, -0.2) is 19.9 Å². The second-order valence-electron chi connectivity index (χ2n) is 4.73. The smallest absolute Gasteiger partial charge is 0.183 e. The van der Waals surface area contributed by atoms with E-state index in [2.05, 4.69) is 23.0 Å². The minimum atomic E-state index is -0.991. The summed E-state index contributed by atoms with van der Waals surface area (Å²) in [6.07, 6.45) is 3.26. The number of unbranched alkanes of at least 4 members (excludes halogenated alkanes) is 2. The molecule has 0 fully saturated rings. The molecule has 0 aliphatic carbocycles. The molecule has 0 radical (unpaired) electrons. The summed E-state index contributed by atoms with van der Waals surface area (Å²) in [5.74, 6) is 0.700. The van der Waals surface area contributed by atoms with Crippen molar-refractivity contribution in [1.29, 1.82) is 0 Å². The fraction of sp³-hybridized carbons (Fsp3) is 0.333. The number of fused-ring (bicyclic) bond motifs is 1. The third kappa shape index (κ3) is 3.39. The molecule has 1 atom stereocenters. The maximum atomic E-state index is 12.2. The first kappa shape index (κ1) is 14.8. The molecule has 3 nitrogen and oxygen atoms in total. The molecule has 0 saturated heterocycles. The molecule has 110 valence electrons. The van der Waals surface area contributed by atoms with Gasteiger partial charge in [0.1, 0.15) is 10.3 Å². The molecule has 1 unspecified atom stereocenters. The molecule has 3 heterocycles. The van der Waals surface area contributed by atoms with Crippen LogP contribution in [-0.2, 0) is 10.8 Å². The van der Waals surface area contributed by atoms with Crippen molar-refractivity contribution < 1.29 is 4.21 Å². The van der Waals surface area contributed by atoms with Gasteiger partial charge in [-0.3, -0.25) is 4.21 Å². The topological polar surface area (TPSA) is 42.9 Å². The summed E-state index contributed by atoms with van der Waals surface area (Å²) in [6, 6.07) is 8.04. The number of nitrogens with zero attached hydrogens (tertiary/aromatic N) is 2. The fourth-order valence-corrected chi connectivity index (χ4v) is 5.09. The van der Waals surface area contributed by atoms with E-state index >= 15 is 0 Å². The molecule has 3 rings (SSSR count). The first-order chi connectivity index (χ1) is 10.3. The predicted molar refractivity (Wildman–Crippen MR) is 91.5 cm³/mol. The monoisotopic (exact) mass is 336 g/mol. The van der Waals surface area contributed by atoms with Crippen molar-refractivity contribution in [1.82, 2.24) is 9.97 Å². The van der Waals surface area contributed by atoms with Gasteiger partial charge in [-0.1, -0.05) is 37.2 Å². The van der Waals surface area contributed by atoms with Crippen LogP contribution in [0.2, 0.25) is 0 Å². The Balaban J connectivity index is 1.85. The summed E-state index contributed by atoms with van der Waals surface area (Å²) in [5.41, 5.74) is 1.81. The van der Waals surface area contributed by atoms with Gasteiger partial charge in [-0.05, 0) is 30.0 Å². The highest BCUT2D eigenvalue weighted by molar-refractivity contribution is 7.87. The van der Waals surface area contributed by atoms with Crippen molar-refractivity contribution in [3.63, 3.8) is 0 Å². The van der Waals surface area contributed by atoms with E-state index in [4.69, 9.17) is 0 Å². The Morgan fingerprint density at radius 2 is 2.10 bits per heavy atom. The summed E-state index contributed by atoms with van der Waals surface area (Å²) in [5, 5.41) is 2.04. The molecule has 6 heteroatoms. The normalized spacial score (nSPS) is 12.8. The average molecular weight is 337 g/mol. The Hall–Kier alpha value is -1.11. The van der Waals surface area contributed by atoms with Crippen LogP contribution in [0.25, 0.3) is 20.9 Å². The lowest BCUT2D eigenvalue weighted by molar-refractivity contribution is 0.676. The fourth-order valence-electron chi connectivity index (χ4n) is 2.03. The van der Waals surface area contributed by atoms with E-state index in [0.29, 0.717) is 10.1 Å². The third-order valence-electron chi connectivity index (χ3n) is 3.14. The number of thiophene rings is 1. The maximum absolute atomic E-state index is 12.2. The van der Waals surface area contributed by atoms with Crippen molar-refractivity contribution in [3.05, 3.63) is 29.6 Å². The predicted octanol–water partition coefficient (Wildman–Crippen LogP) is 4.72. The SMILES string of the molecule is CCCCCS(=O)c1nc2ccc(-c3cccs3)nc2s1. The average Bonchev–Trinajstić information content (AvgIpc) is 3.15. The van der Waals surface area contributed by atoms with Gasteiger partial charge in [0.2, 0.25) is 0 Å². The van der Waals surface area contributed by atoms with Crippen molar-refractivity contribution in [3.8, 4) is 10.6 Å². The van der Waals surface area contributed by atoms with Gasteiger partial charge in [-0.15, -0.1) is 11.3 Å². The second-order valence-corrected chi connectivity index (χ2v) is 8.40. The molecular formula is C15H16N2OS3. The number of hydrogen-bond donors (Lipinski definition) is 0. The quantitative estimate of drug-likeness (QED) is 0.612. The maximum Gasteiger partial charge on any atom is 0.183 e. The van der Waals surface area contributed by atoms with E-state index in [1.807, 2.05) is 23.6 Å². The minimum Gasteiger partial charge on any atom is -0.252 e. The van der Waals surface area contributed by atoms with Crippen LogP contribution in [0.5, 0.6) is 0 Å². The van der Waals surface area contributed by atoms with Gasteiger partial charge in [-0.2, -0.15) is 0 Å². The van der Waals surface area contributed by atoms with Crippen LogP contribution < -0.4 is 0 Å².